The second kappa shape index (κ2) is 5.40. The third-order valence-corrected chi connectivity index (χ3v) is 2.71. The highest BCUT2D eigenvalue weighted by atomic mass is 15.2. The van der Waals surface area contributed by atoms with Crippen molar-refractivity contribution in [3.8, 4) is 0 Å². The number of allylic oxidation sites excluding steroid dienone is 1. The molecule has 0 amide bonds. The Labute approximate surface area is 82.0 Å². The van der Waals surface area contributed by atoms with Crippen LogP contribution in [-0.4, -0.2) is 36.6 Å². The minimum absolute atomic E-state index is 0.654. The molecule has 1 heterocycles. The van der Waals surface area contributed by atoms with Gasteiger partial charge in [0.1, 0.15) is 0 Å². The van der Waals surface area contributed by atoms with Crippen molar-refractivity contribution in [3.05, 3.63) is 12.2 Å². The fourth-order valence-corrected chi connectivity index (χ4v) is 1.82. The van der Waals surface area contributed by atoms with E-state index in [0.29, 0.717) is 12.1 Å². The number of nitrogens with one attached hydrogen (secondary N) is 1. The molecular formula is C11H22N2. The summed E-state index contributed by atoms with van der Waals surface area (Å²) in [5.41, 5.74) is 0. The van der Waals surface area contributed by atoms with Crippen molar-refractivity contribution in [1.29, 1.82) is 0 Å². The largest absolute Gasteiger partial charge is 0.311 e. The van der Waals surface area contributed by atoms with Crippen LogP contribution in [0.4, 0.5) is 0 Å². The molecule has 1 rings (SSSR count). The van der Waals surface area contributed by atoms with Crippen LogP contribution in [0.3, 0.4) is 0 Å². The first-order valence-corrected chi connectivity index (χ1v) is 5.32. The molecule has 0 aliphatic carbocycles. The van der Waals surface area contributed by atoms with Gasteiger partial charge in [0.15, 0.2) is 0 Å². The molecule has 1 aliphatic rings. The van der Waals surface area contributed by atoms with Crippen LogP contribution in [0, 0.1) is 0 Å². The van der Waals surface area contributed by atoms with E-state index in [1.165, 1.54) is 19.5 Å². The van der Waals surface area contributed by atoms with E-state index < -0.39 is 0 Å². The smallest absolute Gasteiger partial charge is 0.0193 e. The van der Waals surface area contributed by atoms with Crippen LogP contribution in [0.1, 0.15) is 27.2 Å². The predicted molar refractivity (Wildman–Crippen MR) is 57.9 cm³/mol. The molecule has 2 heteroatoms. The summed E-state index contributed by atoms with van der Waals surface area (Å²) in [6.45, 7) is 10.2. The number of hydrogen-bond acceptors (Lipinski definition) is 2. The Morgan fingerprint density at radius 3 is 2.92 bits per heavy atom. The van der Waals surface area contributed by atoms with Gasteiger partial charge in [0.2, 0.25) is 0 Å². The molecule has 0 bridgehead atoms. The average Bonchev–Trinajstić information content (AvgIpc) is 2.11. The Hall–Kier alpha value is -0.340. The van der Waals surface area contributed by atoms with Gasteiger partial charge in [-0.05, 0) is 27.2 Å². The molecule has 1 saturated heterocycles. The van der Waals surface area contributed by atoms with Crippen LogP contribution in [0.2, 0.25) is 0 Å². The predicted octanol–water partition coefficient (Wildman–Crippen LogP) is 1.63. The highest BCUT2D eigenvalue weighted by Gasteiger charge is 2.20. The first-order valence-electron chi connectivity index (χ1n) is 5.32. The molecule has 1 aliphatic heterocycles. The van der Waals surface area contributed by atoms with Gasteiger partial charge in [0.25, 0.3) is 0 Å². The topological polar surface area (TPSA) is 15.3 Å². The van der Waals surface area contributed by atoms with Crippen LogP contribution < -0.4 is 5.32 Å². The molecule has 0 aromatic heterocycles. The lowest BCUT2D eigenvalue weighted by atomic mass is 10.1. The van der Waals surface area contributed by atoms with Crippen LogP contribution in [-0.2, 0) is 0 Å². The van der Waals surface area contributed by atoms with Gasteiger partial charge in [0.05, 0.1) is 0 Å². The van der Waals surface area contributed by atoms with Crippen molar-refractivity contribution in [2.45, 2.75) is 39.3 Å². The maximum Gasteiger partial charge on any atom is 0.0193 e. The molecule has 0 aromatic rings. The lowest BCUT2D eigenvalue weighted by Gasteiger charge is -2.37. The SMILES string of the molecule is C/C=C/CCN1CC(C)NCC1C. The number of hydrogen-bond donors (Lipinski definition) is 1. The molecule has 76 valence electrons. The van der Waals surface area contributed by atoms with E-state index >= 15 is 0 Å². The summed E-state index contributed by atoms with van der Waals surface area (Å²) in [4.78, 5) is 2.57. The van der Waals surface area contributed by atoms with Gasteiger partial charge in [-0.3, -0.25) is 4.90 Å². The summed E-state index contributed by atoms with van der Waals surface area (Å²) in [5.74, 6) is 0. The normalized spacial score (nSPS) is 31.3. The lowest BCUT2D eigenvalue weighted by Crippen LogP contribution is -2.54. The van der Waals surface area contributed by atoms with E-state index in [0.717, 1.165) is 6.54 Å². The Kier molecular flexibility index (Phi) is 4.46. The molecule has 2 atom stereocenters. The molecule has 2 unspecified atom stereocenters. The van der Waals surface area contributed by atoms with Crippen molar-refractivity contribution < 1.29 is 0 Å². The third kappa shape index (κ3) is 3.49. The van der Waals surface area contributed by atoms with E-state index in [-0.39, 0.29) is 0 Å². The summed E-state index contributed by atoms with van der Waals surface area (Å²) in [6, 6.07) is 1.35. The summed E-state index contributed by atoms with van der Waals surface area (Å²) in [7, 11) is 0. The molecule has 13 heavy (non-hydrogen) atoms. The Morgan fingerprint density at radius 2 is 2.23 bits per heavy atom. The van der Waals surface area contributed by atoms with Crippen molar-refractivity contribution in [2.75, 3.05) is 19.6 Å². The Morgan fingerprint density at radius 1 is 1.46 bits per heavy atom. The Bertz CT molecular complexity index is 165. The maximum atomic E-state index is 3.49. The second-order valence-electron chi connectivity index (χ2n) is 4.01. The van der Waals surface area contributed by atoms with Crippen LogP contribution in [0.15, 0.2) is 12.2 Å². The summed E-state index contributed by atoms with van der Waals surface area (Å²) < 4.78 is 0. The summed E-state index contributed by atoms with van der Waals surface area (Å²) in [5, 5.41) is 3.49. The van der Waals surface area contributed by atoms with Gasteiger partial charge in [-0.2, -0.15) is 0 Å². The third-order valence-electron chi connectivity index (χ3n) is 2.71. The molecule has 1 fully saturated rings. The minimum atomic E-state index is 0.654. The second-order valence-corrected chi connectivity index (χ2v) is 4.01. The van der Waals surface area contributed by atoms with Crippen molar-refractivity contribution in [2.24, 2.45) is 0 Å². The van der Waals surface area contributed by atoms with Crippen LogP contribution >= 0.6 is 0 Å². The minimum Gasteiger partial charge on any atom is -0.311 e. The average molecular weight is 182 g/mol. The molecule has 2 nitrogen and oxygen atoms in total. The van der Waals surface area contributed by atoms with Crippen molar-refractivity contribution >= 4 is 0 Å². The molecule has 0 aromatic carbocycles. The monoisotopic (exact) mass is 182 g/mol. The number of nitrogens with zero attached hydrogens (tertiary/aromatic N) is 1. The number of piperazine rings is 1. The van der Waals surface area contributed by atoms with Gasteiger partial charge >= 0.3 is 0 Å². The van der Waals surface area contributed by atoms with Gasteiger partial charge < -0.3 is 5.32 Å². The zero-order valence-corrected chi connectivity index (χ0v) is 9.09. The summed E-state index contributed by atoms with van der Waals surface area (Å²) >= 11 is 0. The molecular weight excluding hydrogens is 160 g/mol. The molecule has 0 radical (unpaired) electrons. The summed E-state index contributed by atoms with van der Waals surface area (Å²) in [6.07, 6.45) is 5.57. The quantitative estimate of drug-likeness (QED) is 0.667. The lowest BCUT2D eigenvalue weighted by molar-refractivity contribution is 0.149. The molecule has 1 N–H and O–H groups in total. The first kappa shape index (κ1) is 10.7. The van der Waals surface area contributed by atoms with Crippen LogP contribution in [0.25, 0.3) is 0 Å². The zero-order chi connectivity index (χ0) is 9.68. The zero-order valence-electron chi connectivity index (χ0n) is 9.09. The standard InChI is InChI=1S/C11H22N2/c1-4-5-6-7-13-9-10(2)12-8-11(13)3/h4-5,10-12H,6-9H2,1-3H3/b5-4+. The highest BCUT2D eigenvalue weighted by molar-refractivity contribution is 4.84. The molecule has 0 saturated carbocycles. The van der Waals surface area contributed by atoms with E-state index in [1.54, 1.807) is 0 Å². The van der Waals surface area contributed by atoms with E-state index in [9.17, 15) is 0 Å². The van der Waals surface area contributed by atoms with Gasteiger partial charge in [0, 0.05) is 31.7 Å². The van der Waals surface area contributed by atoms with Gasteiger partial charge in [-0.15, -0.1) is 0 Å². The highest BCUT2D eigenvalue weighted by Crippen LogP contribution is 2.06. The number of rotatable bonds is 3. The fraction of sp³-hybridized carbons (Fsp3) is 0.818. The Balaban J connectivity index is 2.29. The van der Waals surface area contributed by atoms with Gasteiger partial charge in [-0.1, -0.05) is 12.2 Å². The first-order chi connectivity index (χ1) is 6.24. The van der Waals surface area contributed by atoms with Crippen molar-refractivity contribution in [3.63, 3.8) is 0 Å². The molecule has 0 spiro atoms. The maximum absolute atomic E-state index is 3.49. The van der Waals surface area contributed by atoms with Crippen LogP contribution in [0.5, 0.6) is 0 Å². The fourth-order valence-electron chi connectivity index (χ4n) is 1.82. The van der Waals surface area contributed by atoms with Gasteiger partial charge in [-0.25, -0.2) is 0 Å². The van der Waals surface area contributed by atoms with E-state index in [1.807, 2.05) is 0 Å². The van der Waals surface area contributed by atoms with E-state index in [2.05, 4.69) is 43.1 Å². The van der Waals surface area contributed by atoms with E-state index in [4.69, 9.17) is 0 Å². The van der Waals surface area contributed by atoms with Crippen molar-refractivity contribution in [1.82, 2.24) is 10.2 Å².